The van der Waals surface area contributed by atoms with Crippen LogP contribution in [0.5, 0.6) is 0 Å². The van der Waals surface area contributed by atoms with E-state index < -0.39 is 17.6 Å². The molecule has 1 saturated heterocycles. The first-order valence-corrected chi connectivity index (χ1v) is 11.5. The highest BCUT2D eigenvalue weighted by atomic mass is 19.4. The number of hydrogen-bond acceptors (Lipinski definition) is 6. The van der Waals surface area contributed by atoms with Gasteiger partial charge in [0.1, 0.15) is 5.82 Å². The number of carbonyl (C=O) groups excluding carboxylic acids is 1. The molecule has 33 heavy (non-hydrogen) atoms. The van der Waals surface area contributed by atoms with Crippen molar-refractivity contribution in [2.45, 2.75) is 63.4 Å². The number of nitrogens with two attached hydrogens (primary N) is 1. The minimum atomic E-state index is -4.53. The smallest absolute Gasteiger partial charge is 0.393 e. The molecule has 2 aliphatic rings. The van der Waals surface area contributed by atoms with Crippen molar-refractivity contribution in [3.8, 4) is 0 Å². The third kappa shape index (κ3) is 5.06. The molecule has 0 aromatic carbocycles. The first kappa shape index (κ1) is 23.7. The van der Waals surface area contributed by atoms with Gasteiger partial charge in [-0.3, -0.25) is 14.7 Å². The Bertz CT molecular complexity index is 988. The largest absolute Gasteiger partial charge is 0.417 e. The first-order chi connectivity index (χ1) is 15.7. The fourth-order valence-corrected chi connectivity index (χ4v) is 5.13. The fraction of sp³-hybridized carbons (Fsp3) is 0.609. The third-order valence-corrected chi connectivity index (χ3v) is 7.07. The number of hydrogen-bond donors (Lipinski definition) is 2. The zero-order chi connectivity index (χ0) is 23.8. The number of nitrogens with zero attached hydrogens (tertiary/aromatic N) is 4. The summed E-state index contributed by atoms with van der Waals surface area (Å²) in [6, 6.07) is 2.92. The zero-order valence-corrected chi connectivity index (χ0v) is 18.6. The molecule has 0 bridgehead atoms. The standard InChI is InChI=1S/C23H30F3N5O2/c1-2-20(32)14-3-5-16(6-4-14)30-11-17(12-30)31(13-21(27)33)22-18-9-15(23(24,25)26)10-29-19(18)7-8-28-22/h7-10,14,16-17,20,32H,2-6,11-13H2,1H3,(H2,27,33)/t14?,16?,20-/m0/s1. The number of likely N-dealkylation sites (tertiary alicyclic amines) is 1. The minimum Gasteiger partial charge on any atom is -0.393 e. The van der Waals surface area contributed by atoms with Crippen LogP contribution in [0.15, 0.2) is 24.5 Å². The predicted molar refractivity (Wildman–Crippen MR) is 118 cm³/mol. The van der Waals surface area contributed by atoms with Crippen LogP contribution in [-0.2, 0) is 11.0 Å². The van der Waals surface area contributed by atoms with E-state index in [9.17, 15) is 23.1 Å². The van der Waals surface area contributed by atoms with Crippen LogP contribution < -0.4 is 10.6 Å². The van der Waals surface area contributed by atoms with Crippen LogP contribution in [0.1, 0.15) is 44.6 Å². The molecule has 10 heteroatoms. The second-order valence-corrected chi connectivity index (χ2v) is 9.17. The Labute approximate surface area is 190 Å². The van der Waals surface area contributed by atoms with E-state index in [0.29, 0.717) is 36.4 Å². The molecule has 1 amide bonds. The lowest BCUT2D eigenvalue weighted by atomic mass is 9.80. The molecule has 1 atom stereocenters. The second kappa shape index (κ2) is 9.42. The van der Waals surface area contributed by atoms with Gasteiger partial charge in [0.15, 0.2) is 0 Å². The molecular formula is C23H30F3N5O2. The molecule has 3 heterocycles. The van der Waals surface area contributed by atoms with Gasteiger partial charge in [-0.15, -0.1) is 0 Å². The highest BCUT2D eigenvalue weighted by Crippen LogP contribution is 2.36. The number of aliphatic hydroxyl groups excluding tert-OH is 1. The normalized spacial score (nSPS) is 23.3. The van der Waals surface area contributed by atoms with Crippen LogP contribution in [0.4, 0.5) is 19.0 Å². The Morgan fingerprint density at radius 3 is 2.58 bits per heavy atom. The van der Waals surface area contributed by atoms with Crippen molar-refractivity contribution >= 4 is 22.6 Å². The molecule has 2 aromatic heterocycles. The lowest BCUT2D eigenvalue weighted by Gasteiger charge is -2.50. The van der Waals surface area contributed by atoms with Gasteiger partial charge in [0.2, 0.25) is 5.91 Å². The van der Waals surface area contributed by atoms with Gasteiger partial charge in [0, 0.05) is 36.9 Å². The Morgan fingerprint density at radius 1 is 1.27 bits per heavy atom. The number of alkyl halides is 3. The van der Waals surface area contributed by atoms with Gasteiger partial charge in [-0.05, 0) is 50.2 Å². The van der Waals surface area contributed by atoms with E-state index in [1.807, 2.05) is 6.92 Å². The number of rotatable bonds is 7. The number of anilines is 1. The highest BCUT2D eigenvalue weighted by Gasteiger charge is 2.39. The Hall–Kier alpha value is -2.46. The number of primary amides is 1. The summed E-state index contributed by atoms with van der Waals surface area (Å²) >= 11 is 0. The van der Waals surface area contributed by atoms with Gasteiger partial charge in [0.25, 0.3) is 0 Å². The topological polar surface area (TPSA) is 95.6 Å². The van der Waals surface area contributed by atoms with Crippen LogP contribution in [0.25, 0.3) is 10.9 Å². The number of carbonyl (C=O) groups is 1. The second-order valence-electron chi connectivity index (χ2n) is 9.17. The van der Waals surface area contributed by atoms with Crippen molar-refractivity contribution in [3.63, 3.8) is 0 Å². The fourth-order valence-electron chi connectivity index (χ4n) is 5.13. The van der Waals surface area contributed by atoms with Gasteiger partial charge in [0.05, 0.1) is 29.8 Å². The van der Waals surface area contributed by atoms with E-state index >= 15 is 0 Å². The van der Waals surface area contributed by atoms with Gasteiger partial charge >= 0.3 is 6.18 Å². The molecule has 1 aliphatic carbocycles. The summed E-state index contributed by atoms with van der Waals surface area (Å²) < 4.78 is 39.8. The van der Waals surface area contributed by atoms with Crippen LogP contribution in [0, 0.1) is 5.92 Å². The Balaban J connectivity index is 1.51. The van der Waals surface area contributed by atoms with Crippen molar-refractivity contribution in [1.82, 2.24) is 14.9 Å². The van der Waals surface area contributed by atoms with Gasteiger partial charge < -0.3 is 15.7 Å². The third-order valence-electron chi connectivity index (χ3n) is 7.07. The van der Waals surface area contributed by atoms with Crippen LogP contribution in [0.3, 0.4) is 0 Å². The van der Waals surface area contributed by atoms with Gasteiger partial charge in [-0.1, -0.05) is 6.92 Å². The molecule has 1 aliphatic heterocycles. The predicted octanol–water partition coefficient (Wildman–Crippen LogP) is 2.95. The summed E-state index contributed by atoms with van der Waals surface area (Å²) in [7, 11) is 0. The maximum atomic E-state index is 13.3. The summed E-state index contributed by atoms with van der Waals surface area (Å²) in [6.07, 6.45) is 2.29. The van der Waals surface area contributed by atoms with Gasteiger partial charge in [-0.2, -0.15) is 13.2 Å². The number of fused-ring (bicyclic) bond motifs is 1. The van der Waals surface area contributed by atoms with Crippen molar-refractivity contribution in [1.29, 1.82) is 0 Å². The summed E-state index contributed by atoms with van der Waals surface area (Å²) in [6.45, 7) is 3.24. The average Bonchev–Trinajstić information content (AvgIpc) is 2.75. The van der Waals surface area contributed by atoms with Gasteiger partial charge in [-0.25, -0.2) is 4.98 Å². The van der Waals surface area contributed by atoms with E-state index in [4.69, 9.17) is 5.73 Å². The number of halogens is 3. The average molecular weight is 466 g/mol. The molecule has 4 rings (SSSR count). The summed E-state index contributed by atoms with van der Waals surface area (Å²) in [5.74, 6) is 0.0791. The quantitative estimate of drug-likeness (QED) is 0.653. The number of aromatic nitrogens is 2. The molecular weight excluding hydrogens is 435 g/mol. The van der Waals surface area contributed by atoms with Crippen molar-refractivity contribution in [2.75, 3.05) is 24.5 Å². The Morgan fingerprint density at radius 2 is 1.97 bits per heavy atom. The van der Waals surface area contributed by atoms with Crippen molar-refractivity contribution in [2.24, 2.45) is 11.7 Å². The van der Waals surface area contributed by atoms with E-state index in [-0.39, 0.29) is 24.1 Å². The number of amides is 1. The molecule has 2 fully saturated rings. The summed E-state index contributed by atoms with van der Waals surface area (Å²) in [5, 5.41) is 10.4. The zero-order valence-electron chi connectivity index (χ0n) is 18.6. The molecule has 2 aromatic rings. The monoisotopic (exact) mass is 465 g/mol. The maximum absolute atomic E-state index is 13.3. The SMILES string of the molecule is CC[C@H](O)C1CCC(N2CC(N(CC(N)=O)c3nccc4ncc(C(F)(F)F)cc34)C2)CC1. The number of pyridine rings is 2. The summed E-state index contributed by atoms with van der Waals surface area (Å²) in [4.78, 5) is 24.2. The van der Waals surface area contributed by atoms with E-state index in [1.54, 1.807) is 11.0 Å². The van der Waals surface area contributed by atoms with Crippen LogP contribution >= 0.6 is 0 Å². The van der Waals surface area contributed by atoms with E-state index in [2.05, 4.69) is 14.9 Å². The summed E-state index contributed by atoms with van der Waals surface area (Å²) in [5.41, 5.74) is 5.01. The maximum Gasteiger partial charge on any atom is 0.417 e. The minimum absolute atomic E-state index is 0.0795. The van der Waals surface area contributed by atoms with E-state index in [0.717, 1.165) is 44.4 Å². The molecule has 1 saturated carbocycles. The van der Waals surface area contributed by atoms with Crippen LogP contribution in [0.2, 0.25) is 0 Å². The van der Waals surface area contributed by atoms with Crippen molar-refractivity contribution < 1.29 is 23.1 Å². The van der Waals surface area contributed by atoms with Crippen LogP contribution in [-0.4, -0.2) is 63.7 Å². The number of aliphatic hydroxyl groups is 1. The molecule has 3 N–H and O–H groups in total. The van der Waals surface area contributed by atoms with Crippen molar-refractivity contribution in [3.05, 3.63) is 30.1 Å². The molecule has 0 radical (unpaired) electrons. The molecule has 180 valence electrons. The molecule has 0 spiro atoms. The lowest BCUT2D eigenvalue weighted by molar-refractivity contribution is -0.137. The molecule has 0 unspecified atom stereocenters. The Kier molecular flexibility index (Phi) is 6.76. The lowest BCUT2D eigenvalue weighted by Crippen LogP contribution is -2.64. The highest BCUT2D eigenvalue weighted by molar-refractivity contribution is 5.92. The van der Waals surface area contributed by atoms with E-state index in [1.165, 1.54) is 6.20 Å². The molecule has 7 nitrogen and oxygen atoms in total. The first-order valence-electron chi connectivity index (χ1n) is 11.5.